The first-order valence-electron chi connectivity index (χ1n) is 4.35. The van der Waals surface area contributed by atoms with E-state index in [1.807, 2.05) is 0 Å². The van der Waals surface area contributed by atoms with Crippen molar-refractivity contribution in [2.24, 2.45) is 0 Å². The van der Waals surface area contributed by atoms with Crippen LogP contribution in [-0.2, 0) is 0 Å². The van der Waals surface area contributed by atoms with Gasteiger partial charge in [-0.15, -0.1) is 0 Å². The molecule has 9 heteroatoms. The first-order chi connectivity index (χ1) is 8.27. The van der Waals surface area contributed by atoms with Crippen molar-refractivity contribution in [3.63, 3.8) is 0 Å². The van der Waals surface area contributed by atoms with Crippen molar-refractivity contribution in [3.8, 4) is 0 Å². The maximum Gasteiger partial charge on any atom is 1.00 e. The third kappa shape index (κ3) is 3.31. The van der Waals surface area contributed by atoms with Gasteiger partial charge >= 0.3 is 47.5 Å². The Morgan fingerprint density at radius 2 is 1.16 bits per heavy atom. The van der Waals surface area contributed by atoms with E-state index in [-0.39, 0.29) is 29.6 Å². The molecule has 0 aliphatic carbocycles. The molecule has 8 nitrogen and oxygen atoms in total. The summed E-state index contributed by atoms with van der Waals surface area (Å²) < 4.78 is 0. The Hall–Kier alpha value is -1.90. The van der Waals surface area contributed by atoms with Crippen LogP contribution in [0.2, 0.25) is 0 Å². The van der Waals surface area contributed by atoms with Crippen molar-refractivity contribution in [1.29, 1.82) is 0 Å². The van der Waals surface area contributed by atoms with Gasteiger partial charge in [-0.1, -0.05) is 6.07 Å². The molecule has 19 heavy (non-hydrogen) atoms. The molecule has 0 fully saturated rings. The molecule has 0 saturated carbocycles. The van der Waals surface area contributed by atoms with Gasteiger partial charge in [0.15, 0.2) is 0 Å². The van der Waals surface area contributed by atoms with Crippen LogP contribution in [0.15, 0.2) is 12.1 Å². The summed E-state index contributed by atoms with van der Waals surface area (Å²) in [5.74, 6) is -7.31. The molecular weight excluding hydrogens is 271 g/mol. The van der Waals surface area contributed by atoms with Crippen LogP contribution in [0.25, 0.3) is 0 Å². The Morgan fingerprint density at radius 3 is 1.47 bits per heavy atom. The van der Waals surface area contributed by atoms with Gasteiger partial charge < -0.3 is 25.2 Å². The average molecular weight is 276 g/mol. The van der Waals surface area contributed by atoms with Crippen molar-refractivity contribution < 1.29 is 69.2 Å². The van der Waals surface area contributed by atoms with Gasteiger partial charge in [0, 0.05) is 5.56 Å². The number of hydrogen-bond donors (Lipinski definition) is 3. The van der Waals surface area contributed by atoms with E-state index in [4.69, 9.17) is 15.3 Å². The predicted octanol–water partition coefficient (Wildman–Crippen LogP) is -3.85. The van der Waals surface area contributed by atoms with E-state index in [1.165, 1.54) is 0 Å². The zero-order valence-electron chi connectivity index (χ0n) is 9.54. The Bertz CT molecular complexity index is 526. The van der Waals surface area contributed by atoms with Gasteiger partial charge in [0.1, 0.15) is 0 Å². The van der Waals surface area contributed by atoms with Gasteiger partial charge in [-0.25, -0.2) is 14.4 Å². The van der Waals surface area contributed by atoms with E-state index in [2.05, 4.69) is 0 Å². The minimum Gasteiger partial charge on any atom is -0.545 e. The van der Waals surface area contributed by atoms with Crippen molar-refractivity contribution in [2.75, 3.05) is 0 Å². The number of carboxylic acids is 4. The monoisotopic (exact) mass is 276 g/mol. The molecule has 0 radical (unpaired) electrons. The molecule has 0 aliphatic rings. The molecule has 0 heterocycles. The first-order valence-corrected chi connectivity index (χ1v) is 4.35. The fraction of sp³-hybridized carbons (Fsp3) is 0. The molecule has 0 atom stereocenters. The zero-order chi connectivity index (χ0) is 14.0. The van der Waals surface area contributed by atoms with Crippen LogP contribution < -0.4 is 34.7 Å². The van der Waals surface area contributed by atoms with E-state index in [0.717, 1.165) is 0 Å². The summed E-state index contributed by atoms with van der Waals surface area (Å²) in [6.45, 7) is 0. The van der Waals surface area contributed by atoms with Crippen molar-refractivity contribution >= 4 is 23.9 Å². The second-order valence-corrected chi connectivity index (χ2v) is 3.11. The Kier molecular flexibility index (Phi) is 5.69. The van der Waals surface area contributed by atoms with Gasteiger partial charge in [-0.05, 0) is 6.07 Å². The molecule has 1 rings (SSSR count). The van der Waals surface area contributed by atoms with Crippen molar-refractivity contribution in [1.82, 2.24) is 0 Å². The summed E-state index contributed by atoms with van der Waals surface area (Å²) in [5.41, 5.74) is -3.94. The largest absolute Gasteiger partial charge is 1.00 e. The molecule has 94 valence electrons. The zero-order valence-corrected chi connectivity index (χ0v) is 11.5. The van der Waals surface area contributed by atoms with Crippen LogP contribution >= 0.6 is 0 Å². The quantitative estimate of drug-likeness (QED) is 0.472. The Labute approximate surface area is 127 Å². The summed E-state index contributed by atoms with van der Waals surface area (Å²) in [6.07, 6.45) is 0. The number of benzene rings is 1. The molecule has 3 N–H and O–H groups in total. The minimum absolute atomic E-state index is 0. The van der Waals surface area contributed by atoms with Gasteiger partial charge in [0.2, 0.25) is 0 Å². The molecule has 1 aromatic rings. The smallest absolute Gasteiger partial charge is 0.545 e. The second-order valence-electron chi connectivity index (χ2n) is 3.11. The van der Waals surface area contributed by atoms with Crippen LogP contribution in [0, 0.1) is 0 Å². The summed E-state index contributed by atoms with van der Waals surface area (Å²) in [5, 5.41) is 37.0. The van der Waals surface area contributed by atoms with Gasteiger partial charge in [-0.2, -0.15) is 0 Å². The number of aromatic carboxylic acids is 4. The summed E-state index contributed by atoms with van der Waals surface area (Å²) in [7, 11) is 0. The first kappa shape index (κ1) is 17.1. The van der Waals surface area contributed by atoms with Gasteiger partial charge in [0.05, 0.1) is 22.7 Å². The number of carboxylic acid groups (broad SMARTS) is 4. The number of carbonyl (C=O) groups excluding carboxylic acids is 1. The van der Waals surface area contributed by atoms with Crippen LogP contribution in [0.5, 0.6) is 0 Å². The van der Waals surface area contributed by atoms with E-state index in [1.54, 1.807) is 0 Å². The molecule has 1 aromatic carbocycles. The van der Waals surface area contributed by atoms with Crippen molar-refractivity contribution in [3.05, 3.63) is 34.4 Å². The van der Waals surface area contributed by atoms with E-state index >= 15 is 0 Å². The number of hydrogen-bond acceptors (Lipinski definition) is 5. The summed E-state index contributed by atoms with van der Waals surface area (Å²) >= 11 is 0. The normalized spacial score (nSPS) is 9.26. The second kappa shape index (κ2) is 6.32. The molecule has 0 aromatic heterocycles. The fourth-order valence-electron chi connectivity index (χ4n) is 1.40. The van der Waals surface area contributed by atoms with E-state index in [9.17, 15) is 24.3 Å². The van der Waals surface area contributed by atoms with Gasteiger partial charge in [0.25, 0.3) is 0 Å². The van der Waals surface area contributed by atoms with Crippen LogP contribution in [0.4, 0.5) is 0 Å². The third-order valence-electron chi connectivity index (χ3n) is 2.08. The molecule has 0 unspecified atom stereocenters. The van der Waals surface area contributed by atoms with Gasteiger partial charge in [-0.3, -0.25) is 0 Å². The molecule has 0 aliphatic heterocycles. The van der Waals surface area contributed by atoms with Crippen molar-refractivity contribution in [2.45, 2.75) is 0 Å². The maximum atomic E-state index is 10.9. The topological polar surface area (TPSA) is 152 Å². The van der Waals surface area contributed by atoms with E-state index in [0.29, 0.717) is 12.1 Å². The van der Waals surface area contributed by atoms with Crippen LogP contribution in [0.1, 0.15) is 41.4 Å². The third-order valence-corrected chi connectivity index (χ3v) is 2.08. The minimum atomic E-state index is -1.91. The standard InChI is InChI=1S/C10H6O8.Na/c11-7(12)3-1-2-4(8(13)14)6(10(17)18)5(3)9(15)16;/h1-2H,(H,11,12)(H,13,14)(H,15,16)(H,17,18);/q;+1/p-1. The number of carbonyl (C=O) groups is 4. The summed E-state index contributed by atoms with van der Waals surface area (Å²) in [6, 6.07) is 1.37. The molecule has 0 amide bonds. The Balaban J connectivity index is 0.00000324. The van der Waals surface area contributed by atoms with E-state index < -0.39 is 46.1 Å². The van der Waals surface area contributed by atoms with Crippen LogP contribution in [0.3, 0.4) is 0 Å². The molecular formula is C10H5NaO8. The SMILES string of the molecule is O=C([O-])c1ccc(C(=O)O)c(C(=O)O)c1C(=O)O.[Na+]. The fourth-order valence-corrected chi connectivity index (χ4v) is 1.40. The maximum absolute atomic E-state index is 10.9. The molecule has 0 bridgehead atoms. The predicted molar refractivity (Wildman–Crippen MR) is 51.7 cm³/mol. The Morgan fingerprint density at radius 1 is 0.789 bits per heavy atom. The van der Waals surface area contributed by atoms with Crippen LogP contribution in [-0.4, -0.2) is 39.2 Å². The molecule has 0 saturated heterocycles. The number of rotatable bonds is 4. The molecule has 0 spiro atoms. The average Bonchev–Trinajstić information content (AvgIpc) is 2.26. The summed E-state index contributed by atoms with van der Waals surface area (Å²) in [4.78, 5) is 43.2.